The number of hydrogen-bond acceptors (Lipinski definition) is 5. The van der Waals surface area contributed by atoms with Crippen molar-refractivity contribution in [1.82, 2.24) is 15.0 Å². The normalized spacial score (nSPS) is 18.0. The largest absolute Gasteiger partial charge is 0.378 e. The molecule has 1 saturated heterocycles. The molecule has 1 aliphatic rings. The summed E-state index contributed by atoms with van der Waals surface area (Å²) in [6, 6.07) is 8.09. The van der Waals surface area contributed by atoms with Crippen molar-refractivity contribution in [1.29, 1.82) is 0 Å². The van der Waals surface area contributed by atoms with Gasteiger partial charge in [0, 0.05) is 12.2 Å². The molecule has 0 saturated carbocycles. The average Bonchev–Trinajstić information content (AvgIpc) is 3.20. The summed E-state index contributed by atoms with van der Waals surface area (Å²) in [7, 11) is 2.09. The van der Waals surface area contributed by atoms with Crippen LogP contribution in [-0.4, -0.2) is 41.3 Å². The van der Waals surface area contributed by atoms with E-state index < -0.39 is 0 Å². The molecule has 1 atom stereocenters. The van der Waals surface area contributed by atoms with E-state index in [9.17, 15) is 0 Å². The third kappa shape index (κ3) is 4.39. The second-order valence-corrected chi connectivity index (χ2v) is 6.34. The van der Waals surface area contributed by atoms with Crippen LogP contribution in [0.3, 0.4) is 0 Å². The predicted molar refractivity (Wildman–Crippen MR) is 89.0 cm³/mol. The average molecular weight is 315 g/mol. The molecule has 1 aromatic carbocycles. The smallest absolute Gasteiger partial charge is 0.241 e. The molecule has 3 rings (SSSR count). The number of ether oxygens (including phenoxy) is 1. The third-order valence-corrected chi connectivity index (χ3v) is 4.35. The zero-order valence-electron chi connectivity index (χ0n) is 14.0. The minimum atomic E-state index is 0.472. The van der Waals surface area contributed by atoms with Gasteiger partial charge in [-0.15, -0.1) is 0 Å². The quantitative estimate of drug-likeness (QED) is 0.783. The van der Waals surface area contributed by atoms with Crippen molar-refractivity contribution in [3.8, 4) is 11.4 Å². The highest BCUT2D eigenvalue weighted by molar-refractivity contribution is 5.58. The Labute approximate surface area is 137 Å². The molecule has 1 unspecified atom stereocenters. The molecule has 1 fully saturated rings. The van der Waals surface area contributed by atoms with Gasteiger partial charge in [0.1, 0.15) is 0 Å². The van der Waals surface area contributed by atoms with E-state index in [-0.39, 0.29) is 0 Å². The summed E-state index contributed by atoms with van der Waals surface area (Å²) in [5.74, 6) is 1.34. The molecule has 0 N–H and O–H groups in total. The van der Waals surface area contributed by atoms with Gasteiger partial charge in [-0.05, 0) is 51.8 Å². The van der Waals surface area contributed by atoms with Crippen LogP contribution in [0.4, 0.5) is 0 Å². The van der Waals surface area contributed by atoms with Crippen LogP contribution in [0.15, 0.2) is 28.8 Å². The number of nitrogens with zero attached hydrogens (tertiary/aromatic N) is 3. The van der Waals surface area contributed by atoms with Crippen molar-refractivity contribution >= 4 is 0 Å². The Kier molecular flexibility index (Phi) is 5.41. The van der Waals surface area contributed by atoms with Crippen molar-refractivity contribution < 1.29 is 9.26 Å². The van der Waals surface area contributed by atoms with E-state index in [0.29, 0.717) is 24.4 Å². The zero-order chi connectivity index (χ0) is 16.1. The minimum Gasteiger partial charge on any atom is -0.378 e. The molecule has 0 radical (unpaired) electrons. The predicted octanol–water partition coefficient (Wildman–Crippen LogP) is 3.44. The molecule has 0 bridgehead atoms. The van der Waals surface area contributed by atoms with E-state index in [2.05, 4.69) is 35.1 Å². The first-order chi connectivity index (χ1) is 11.2. The van der Waals surface area contributed by atoms with E-state index in [1.165, 1.54) is 12.8 Å². The lowest BCUT2D eigenvalue weighted by atomic mass is 10.1. The Morgan fingerprint density at radius 2 is 2.17 bits per heavy atom. The van der Waals surface area contributed by atoms with Gasteiger partial charge in [-0.3, -0.25) is 4.90 Å². The maximum atomic E-state index is 5.66. The fourth-order valence-corrected chi connectivity index (χ4v) is 3.02. The van der Waals surface area contributed by atoms with Gasteiger partial charge < -0.3 is 9.26 Å². The second-order valence-electron chi connectivity index (χ2n) is 6.34. The Hall–Kier alpha value is -1.72. The first-order valence-corrected chi connectivity index (χ1v) is 8.41. The number of aromatic nitrogens is 2. The fourth-order valence-electron chi connectivity index (χ4n) is 3.02. The molecule has 0 aliphatic carbocycles. The highest BCUT2D eigenvalue weighted by atomic mass is 16.5. The molecule has 2 heterocycles. The lowest BCUT2D eigenvalue weighted by molar-refractivity contribution is 0.0991. The van der Waals surface area contributed by atoms with Crippen molar-refractivity contribution in [2.24, 2.45) is 0 Å². The first kappa shape index (κ1) is 16.1. The Morgan fingerprint density at radius 1 is 1.30 bits per heavy atom. The van der Waals surface area contributed by atoms with Crippen LogP contribution in [0.5, 0.6) is 0 Å². The van der Waals surface area contributed by atoms with Crippen LogP contribution >= 0.6 is 0 Å². The molecule has 5 heteroatoms. The van der Waals surface area contributed by atoms with E-state index in [1.54, 1.807) is 0 Å². The van der Waals surface area contributed by atoms with E-state index in [0.717, 1.165) is 37.1 Å². The summed E-state index contributed by atoms with van der Waals surface area (Å²) in [4.78, 5) is 6.75. The summed E-state index contributed by atoms with van der Waals surface area (Å²) < 4.78 is 11.1. The molecule has 1 aromatic heterocycles. The minimum absolute atomic E-state index is 0.472. The SMILES string of the molecule is Cc1ccccc1-c1noc(CN(C)CCCC2CCCO2)n1. The lowest BCUT2D eigenvalue weighted by Gasteiger charge is -2.15. The summed E-state index contributed by atoms with van der Waals surface area (Å²) in [5, 5.41) is 4.11. The Morgan fingerprint density at radius 3 is 2.96 bits per heavy atom. The molecule has 1 aliphatic heterocycles. The molecular weight excluding hydrogens is 290 g/mol. The summed E-state index contributed by atoms with van der Waals surface area (Å²) in [6.07, 6.45) is 5.18. The van der Waals surface area contributed by atoms with E-state index in [1.807, 2.05) is 18.2 Å². The summed E-state index contributed by atoms with van der Waals surface area (Å²) >= 11 is 0. The Balaban J connectivity index is 1.49. The third-order valence-electron chi connectivity index (χ3n) is 4.35. The van der Waals surface area contributed by atoms with Crippen LogP contribution in [0.2, 0.25) is 0 Å². The van der Waals surface area contributed by atoms with Crippen molar-refractivity contribution in [3.63, 3.8) is 0 Å². The van der Waals surface area contributed by atoms with Gasteiger partial charge >= 0.3 is 0 Å². The molecule has 5 nitrogen and oxygen atoms in total. The molecule has 23 heavy (non-hydrogen) atoms. The standard InChI is InChI=1S/C18H25N3O2/c1-14-7-3-4-10-16(14)18-19-17(23-20-18)13-21(2)11-5-8-15-9-6-12-22-15/h3-4,7,10,15H,5-6,8-9,11-13H2,1-2H3. The van der Waals surface area contributed by atoms with Gasteiger partial charge in [0.05, 0.1) is 12.6 Å². The molecular formula is C18H25N3O2. The Bertz CT molecular complexity index is 620. The van der Waals surface area contributed by atoms with E-state index >= 15 is 0 Å². The monoisotopic (exact) mass is 315 g/mol. The lowest BCUT2D eigenvalue weighted by Crippen LogP contribution is -2.20. The topological polar surface area (TPSA) is 51.4 Å². The first-order valence-electron chi connectivity index (χ1n) is 8.41. The number of benzene rings is 1. The zero-order valence-corrected chi connectivity index (χ0v) is 14.0. The van der Waals surface area contributed by atoms with Gasteiger partial charge in [-0.25, -0.2) is 0 Å². The highest BCUT2D eigenvalue weighted by Gasteiger charge is 2.16. The number of hydrogen-bond donors (Lipinski definition) is 0. The van der Waals surface area contributed by atoms with Crippen LogP contribution in [0.25, 0.3) is 11.4 Å². The molecule has 2 aromatic rings. The van der Waals surface area contributed by atoms with Gasteiger partial charge in [-0.1, -0.05) is 29.4 Å². The second kappa shape index (κ2) is 7.70. The van der Waals surface area contributed by atoms with Gasteiger partial charge in [-0.2, -0.15) is 4.98 Å². The summed E-state index contributed by atoms with van der Waals surface area (Å²) in [6.45, 7) is 4.69. The van der Waals surface area contributed by atoms with Crippen molar-refractivity contribution in [2.45, 2.75) is 45.3 Å². The highest BCUT2D eigenvalue weighted by Crippen LogP contribution is 2.20. The van der Waals surface area contributed by atoms with Crippen molar-refractivity contribution in [2.75, 3.05) is 20.2 Å². The van der Waals surface area contributed by atoms with Crippen LogP contribution in [-0.2, 0) is 11.3 Å². The fraction of sp³-hybridized carbons (Fsp3) is 0.556. The maximum Gasteiger partial charge on any atom is 0.241 e. The van der Waals surface area contributed by atoms with Crippen molar-refractivity contribution in [3.05, 3.63) is 35.7 Å². The molecule has 0 spiro atoms. The molecule has 124 valence electrons. The number of rotatable bonds is 7. The van der Waals surface area contributed by atoms with Crippen LogP contribution in [0, 0.1) is 6.92 Å². The van der Waals surface area contributed by atoms with Gasteiger partial charge in [0.2, 0.25) is 11.7 Å². The van der Waals surface area contributed by atoms with Crippen LogP contribution in [0.1, 0.15) is 37.1 Å². The van der Waals surface area contributed by atoms with Gasteiger partial charge in [0.25, 0.3) is 0 Å². The summed E-state index contributed by atoms with van der Waals surface area (Å²) in [5.41, 5.74) is 2.19. The van der Waals surface area contributed by atoms with Gasteiger partial charge in [0.15, 0.2) is 0 Å². The van der Waals surface area contributed by atoms with Crippen LogP contribution < -0.4 is 0 Å². The van der Waals surface area contributed by atoms with E-state index in [4.69, 9.17) is 9.26 Å². The maximum absolute atomic E-state index is 5.66. The molecule has 0 amide bonds. The number of aryl methyl sites for hydroxylation is 1.